The monoisotopic (exact) mass is 215 g/mol. The van der Waals surface area contributed by atoms with Crippen molar-refractivity contribution in [1.29, 1.82) is 0 Å². The minimum absolute atomic E-state index is 0.0338. The van der Waals surface area contributed by atoms with Crippen molar-refractivity contribution in [2.45, 2.75) is 57.6 Å². The highest BCUT2D eigenvalue weighted by Crippen LogP contribution is 2.35. The fraction of sp³-hybridized carbons (Fsp3) is 1.00. The molecular formula is C12H25NO2. The molecule has 1 aliphatic rings. The van der Waals surface area contributed by atoms with Crippen molar-refractivity contribution in [3.8, 4) is 0 Å². The Hall–Kier alpha value is -0.120. The third-order valence-corrected chi connectivity index (χ3v) is 3.20. The Morgan fingerprint density at radius 2 is 1.93 bits per heavy atom. The van der Waals surface area contributed by atoms with Crippen molar-refractivity contribution in [3.63, 3.8) is 0 Å². The van der Waals surface area contributed by atoms with Crippen molar-refractivity contribution < 1.29 is 9.47 Å². The van der Waals surface area contributed by atoms with E-state index in [0.717, 1.165) is 32.5 Å². The van der Waals surface area contributed by atoms with Crippen LogP contribution in [0.1, 0.15) is 46.0 Å². The average Bonchev–Trinajstić information content (AvgIpc) is 2.68. The fourth-order valence-corrected chi connectivity index (χ4v) is 2.39. The molecule has 0 heterocycles. The lowest BCUT2D eigenvalue weighted by atomic mass is 9.93. The summed E-state index contributed by atoms with van der Waals surface area (Å²) in [5.74, 6) is 0. The van der Waals surface area contributed by atoms with Crippen molar-refractivity contribution in [3.05, 3.63) is 0 Å². The second-order valence-electron chi connectivity index (χ2n) is 4.39. The second kappa shape index (κ2) is 6.46. The molecule has 0 aromatic rings. The van der Waals surface area contributed by atoms with Gasteiger partial charge in [-0.3, -0.25) is 0 Å². The van der Waals surface area contributed by atoms with E-state index in [0.29, 0.717) is 6.61 Å². The van der Waals surface area contributed by atoms with E-state index < -0.39 is 0 Å². The molecule has 1 unspecified atom stereocenters. The smallest absolute Gasteiger partial charge is 0.0855 e. The summed E-state index contributed by atoms with van der Waals surface area (Å²) in [6.45, 7) is 6.34. The van der Waals surface area contributed by atoms with E-state index in [1.165, 1.54) is 12.8 Å². The van der Waals surface area contributed by atoms with Crippen LogP contribution in [0.5, 0.6) is 0 Å². The van der Waals surface area contributed by atoms with Crippen LogP contribution in [-0.2, 0) is 9.47 Å². The first-order valence-electron chi connectivity index (χ1n) is 6.22. The molecule has 0 amide bonds. The van der Waals surface area contributed by atoms with Gasteiger partial charge < -0.3 is 15.2 Å². The van der Waals surface area contributed by atoms with Gasteiger partial charge in [0.05, 0.1) is 18.2 Å². The van der Waals surface area contributed by atoms with Gasteiger partial charge in [0.1, 0.15) is 0 Å². The van der Waals surface area contributed by atoms with Gasteiger partial charge in [-0.1, -0.05) is 19.8 Å². The lowest BCUT2D eigenvalue weighted by Gasteiger charge is -2.34. The van der Waals surface area contributed by atoms with E-state index in [4.69, 9.17) is 15.2 Å². The SMILES string of the molecule is CCCOCC(N)C1(OCC)CCCC1. The minimum Gasteiger partial charge on any atom is -0.380 e. The molecule has 1 saturated carbocycles. The number of rotatable bonds is 7. The summed E-state index contributed by atoms with van der Waals surface area (Å²) in [4.78, 5) is 0. The number of ether oxygens (including phenoxy) is 2. The second-order valence-corrected chi connectivity index (χ2v) is 4.39. The fourth-order valence-electron chi connectivity index (χ4n) is 2.39. The zero-order chi connectivity index (χ0) is 11.1. The molecule has 0 saturated heterocycles. The van der Waals surface area contributed by atoms with E-state index in [1.54, 1.807) is 0 Å². The first-order chi connectivity index (χ1) is 7.25. The number of hydrogen-bond acceptors (Lipinski definition) is 3. The Bertz CT molecular complexity index is 167. The third-order valence-electron chi connectivity index (χ3n) is 3.20. The van der Waals surface area contributed by atoms with Gasteiger partial charge in [0.25, 0.3) is 0 Å². The van der Waals surface area contributed by atoms with Gasteiger partial charge in [0.2, 0.25) is 0 Å². The van der Waals surface area contributed by atoms with Crippen molar-refractivity contribution in [2.24, 2.45) is 5.73 Å². The largest absolute Gasteiger partial charge is 0.380 e. The van der Waals surface area contributed by atoms with E-state index in [-0.39, 0.29) is 11.6 Å². The van der Waals surface area contributed by atoms with Crippen LogP contribution in [0.2, 0.25) is 0 Å². The summed E-state index contributed by atoms with van der Waals surface area (Å²) >= 11 is 0. The molecule has 0 radical (unpaired) electrons. The maximum Gasteiger partial charge on any atom is 0.0855 e. The van der Waals surface area contributed by atoms with Crippen LogP contribution in [-0.4, -0.2) is 31.5 Å². The summed E-state index contributed by atoms with van der Waals surface area (Å²) in [5, 5.41) is 0. The summed E-state index contributed by atoms with van der Waals surface area (Å²) in [6.07, 6.45) is 5.71. The number of hydrogen-bond donors (Lipinski definition) is 1. The third kappa shape index (κ3) is 3.44. The summed E-state index contributed by atoms with van der Waals surface area (Å²) in [7, 11) is 0. The van der Waals surface area contributed by atoms with Gasteiger partial charge in [-0.2, -0.15) is 0 Å². The first kappa shape index (κ1) is 12.9. The minimum atomic E-state index is -0.0948. The molecule has 0 spiro atoms. The van der Waals surface area contributed by atoms with E-state index >= 15 is 0 Å². The summed E-state index contributed by atoms with van der Waals surface area (Å²) in [6, 6.07) is 0.0338. The molecule has 0 aromatic heterocycles. The maximum atomic E-state index is 6.19. The van der Waals surface area contributed by atoms with Gasteiger partial charge in [0, 0.05) is 13.2 Å². The molecule has 1 atom stereocenters. The zero-order valence-corrected chi connectivity index (χ0v) is 10.1. The summed E-state index contributed by atoms with van der Waals surface area (Å²) < 4.78 is 11.4. The van der Waals surface area contributed by atoms with Gasteiger partial charge in [-0.25, -0.2) is 0 Å². The highest BCUT2D eigenvalue weighted by molar-refractivity contribution is 4.95. The van der Waals surface area contributed by atoms with E-state index in [9.17, 15) is 0 Å². The molecule has 0 bridgehead atoms. The predicted octanol–water partition coefficient (Wildman–Crippen LogP) is 2.09. The number of nitrogens with two attached hydrogens (primary N) is 1. The molecular weight excluding hydrogens is 190 g/mol. The molecule has 0 aromatic carbocycles. The molecule has 1 aliphatic carbocycles. The maximum absolute atomic E-state index is 6.19. The normalized spacial score (nSPS) is 21.8. The van der Waals surface area contributed by atoms with E-state index in [2.05, 4.69) is 6.92 Å². The Labute approximate surface area is 93.3 Å². The van der Waals surface area contributed by atoms with Gasteiger partial charge in [-0.05, 0) is 26.2 Å². The van der Waals surface area contributed by atoms with Crippen LogP contribution in [0.25, 0.3) is 0 Å². The van der Waals surface area contributed by atoms with E-state index in [1.807, 2.05) is 6.92 Å². The lowest BCUT2D eigenvalue weighted by Crippen LogP contribution is -2.50. The predicted molar refractivity (Wildman–Crippen MR) is 61.9 cm³/mol. The Morgan fingerprint density at radius 1 is 1.27 bits per heavy atom. The molecule has 15 heavy (non-hydrogen) atoms. The van der Waals surface area contributed by atoms with Crippen LogP contribution >= 0.6 is 0 Å². The lowest BCUT2D eigenvalue weighted by molar-refractivity contribution is -0.0706. The van der Waals surface area contributed by atoms with Crippen LogP contribution in [0.3, 0.4) is 0 Å². The molecule has 0 aliphatic heterocycles. The molecule has 3 heteroatoms. The Kier molecular flexibility index (Phi) is 5.58. The van der Waals surface area contributed by atoms with Gasteiger partial charge in [0.15, 0.2) is 0 Å². The first-order valence-corrected chi connectivity index (χ1v) is 6.22. The van der Waals surface area contributed by atoms with Gasteiger partial charge >= 0.3 is 0 Å². The van der Waals surface area contributed by atoms with Crippen molar-refractivity contribution >= 4 is 0 Å². The average molecular weight is 215 g/mol. The van der Waals surface area contributed by atoms with Crippen molar-refractivity contribution in [2.75, 3.05) is 19.8 Å². The molecule has 1 fully saturated rings. The zero-order valence-electron chi connectivity index (χ0n) is 10.1. The Morgan fingerprint density at radius 3 is 2.47 bits per heavy atom. The highest BCUT2D eigenvalue weighted by atomic mass is 16.5. The van der Waals surface area contributed by atoms with Crippen LogP contribution in [0.15, 0.2) is 0 Å². The Balaban J connectivity index is 2.40. The molecule has 2 N–H and O–H groups in total. The molecule has 1 rings (SSSR count). The highest BCUT2D eigenvalue weighted by Gasteiger charge is 2.40. The quantitative estimate of drug-likeness (QED) is 0.661. The van der Waals surface area contributed by atoms with Crippen LogP contribution in [0, 0.1) is 0 Å². The van der Waals surface area contributed by atoms with Crippen molar-refractivity contribution in [1.82, 2.24) is 0 Å². The summed E-state index contributed by atoms with van der Waals surface area (Å²) in [5.41, 5.74) is 6.10. The van der Waals surface area contributed by atoms with Gasteiger partial charge in [-0.15, -0.1) is 0 Å². The van der Waals surface area contributed by atoms with Crippen LogP contribution in [0.4, 0.5) is 0 Å². The molecule has 3 nitrogen and oxygen atoms in total. The topological polar surface area (TPSA) is 44.5 Å². The standard InChI is InChI=1S/C12H25NO2/c1-3-9-14-10-11(13)12(15-4-2)7-5-6-8-12/h11H,3-10,13H2,1-2H3. The molecule has 90 valence electrons. The van der Waals surface area contributed by atoms with Crippen LogP contribution < -0.4 is 5.73 Å².